The van der Waals surface area contributed by atoms with Crippen molar-refractivity contribution in [2.24, 2.45) is 0 Å². The molecule has 4 rings (SSSR count). The molecule has 0 spiro atoms. The second kappa shape index (κ2) is 8.63. The number of benzene rings is 2. The Kier molecular flexibility index (Phi) is 5.91. The number of hydrogen-bond donors (Lipinski definition) is 1. The molecule has 2 aliphatic heterocycles. The number of nitrogens with zero attached hydrogens (tertiary/aromatic N) is 2. The van der Waals surface area contributed by atoms with Gasteiger partial charge < -0.3 is 15.0 Å². The van der Waals surface area contributed by atoms with Crippen LogP contribution in [0.1, 0.15) is 18.9 Å². The Morgan fingerprint density at radius 1 is 1.16 bits per heavy atom. The lowest BCUT2D eigenvalue weighted by Gasteiger charge is -2.30. The molecule has 1 N–H and O–H groups in total. The molecule has 4 amide bonds. The van der Waals surface area contributed by atoms with Crippen molar-refractivity contribution < 1.29 is 19.1 Å². The maximum absolute atomic E-state index is 13.1. The van der Waals surface area contributed by atoms with E-state index in [4.69, 9.17) is 4.74 Å². The number of hydrogen-bond acceptors (Lipinski definition) is 5. The minimum atomic E-state index is -1.03. The predicted molar refractivity (Wildman–Crippen MR) is 119 cm³/mol. The Hall–Kier alpha value is -3.00. The van der Waals surface area contributed by atoms with Gasteiger partial charge in [0, 0.05) is 17.2 Å². The Morgan fingerprint density at radius 3 is 2.65 bits per heavy atom. The van der Waals surface area contributed by atoms with E-state index in [-0.39, 0.29) is 18.4 Å². The molecular weight excluding hydrogens is 414 g/mol. The van der Waals surface area contributed by atoms with Crippen molar-refractivity contribution in [3.8, 4) is 5.75 Å². The summed E-state index contributed by atoms with van der Waals surface area (Å²) in [4.78, 5) is 42.4. The van der Waals surface area contributed by atoms with Gasteiger partial charge in [-0.25, -0.2) is 4.79 Å². The number of urea groups is 1. The highest BCUT2D eigenvalue weighted by Gasteiger charge is 2.48. The summed E-state index contributed by atoms with van der Waals surface area (Å²) in [5.74, 6) is 0.930. The number of imide groups is 1. The van der Waals surface area contributed by atoms with Gasteiger partial charge in [-0.15, -0.1) is 11.8 Å². The standard InChI is InChI=1S/C23H25N3O4S/c1-23(12-11-16-7-9-17(30-2)10-8-16)21(28)26(22(29)24-23)15-20(27)25-13-14-31-19-6-4-3-5-18(19)25/h3-10H,11-15H2,1-2H3,(H,24,29)/t23-/m0/s1. The third-order valence-electron chi connectivity index (χ3n) is 5.74. The molecule has 1 atom stereocenters. The van der Waals surface area contributed by atoms with Crippen molar-refractivity contribution in [2.75, 3.05) is 30.9 Å². The number of fused-ring (bicyclic) bond motifs is 1. The van der Waals surface area contributed by atoms with Crippen molar-refractivity contribution in [3.63, 3.8) is 0 Å². The number of carbonyl (C=O) groups is 3. The summed E-state index contributed by atoms with van der Waals surface area (Å²) in [5.41, 5.74) is 0.839. The molecule has 0 unspecified atom stereocenters. The first-order chi connectivity index (χ1) is 14.9. The van der Waals surface area contributed by atoms with Crippen LogP contribution in [0.25, 0.3) is 0 Å². The summed E-state index contributed by atoms with van der Waals surface area (Å²) in [6.45, 7) is 2.01. The van der Waals surface area contributed by atoms with Crippen LogP contribution in [0, 0.1) is 0 Å². The van der Waals surface area contributed by atoms with Crippen molar-refractivity contribution in [2.45, 2.75) is 30.2 Å². The molecule has 0 bridgehead atoms. The normalized spacial score (nSPS) is 20.5. The number of carbonyl (C=O) groups excluding carboxylic acids is 3. The number of anilines is 1. The van der Waals surface area contributed by atoms with E-state index in [2.05, 4.69) is 5.32 Å². The van der Waals surface area contributed by atoms with E-state index in [0.717, 1.165) is 32.5 Å². The molecule has 0 saturated carbocycles. The summed E-state index contributed by atoms with van der Waals surface area (Å²) in [6.07, 6.45) is 1.06. The molecule has 1 saturated heterocycles. The molecule has 31 heavy (non-hydrogen) atoms. The van der Waals surface area contributed by atoms with E-state index in [1.54, 1.807) is 30.7 Å². The predicted octanol–water partition coefficient (Wildman–Crippen LogP) is 3.08. The highest BCUT2D eigenvalue weighted by molar-refractivity contribution is 7.99. The minimum Gasteiger partial charge on any atom is -0.497 e. The Morgan fingerprint density at radius 2 is 1.90 bits per heavy atom. The van der Waals surface area contributed by atoms with Gasteiger partial charge in [0.1, 0.15) is 17.8 Å². The van der Waals surface area contributed by atoms with Crippen LogP contribution in [-0.2, 0) is 16.0 Å². The second-order valence-corrected chi connectivity index (χ2v) is 9.00. The zero-order valence-electron chi connectivity index (χ0n) is 17.6. The number of nitrogens with one attached hydrogen (secondary N) is 1. The van der Waals surface area contributed by atoms with Crippen molar-refractivity contribution >= 4 is 35.3 Å². The molecule has 0 aliphatic carbocycles. The smallest absolute Gasteiger partial charge is 0.325 e. The van der Waals surface area contributed by atoms with Gasteiger partial charge in [-0.05, 0) is 49.6 Å². The molecule has 0 aromatic heterocycles. The molecule has 2 aromatic carbocycles. The molecule has 1 fully saturated rings. The number of amides is 4. The summed E-state index contributed by atoms with van der Waals surface area (Å²) in [6, 6.07) is 14.8. The van der Waals surface area contributed by atoms with Crippen molar-refractivity contribution in [1.82, 2.24) is 10.2 Å². The van der Waals surface area contributed by atoms with Gasteiger partial charge in [-0.1, -0.05) is 24.3 Å². The maximum Gasteiger partial charge on any atom is 0.325 e. The van der Waals surface area contributed by atoms with Crippen LogP contribution < -0.4 is 15.0 Å². The molecule has 0 radical (unpaired) electrons. The number of methoxy groups -OCH3 is 1. The monoisotopic (exact) mass is 439 g/mol. The fraction of sp³-hybridized carbons (Fsp3) is 0.348. The SMILES string of the molecule is COc1ccc(CC[C@]2(C)NC(=O)N(CC(=O)N3CCSc4ccccc43)C2=O)cc1. The van der Waals surface area contributed by atoms with Crippen LogP contribution in [0.4, 0.5) is 10.5 Å². The third kappa shape index (κ3) is 4.25. The highest BCUT2D eigenvalue weighted by Crippen LogP contribution is 2.34. The number of rotatable bonds is 6. The largest absolute Gasteiger partial charge is 0.497 e. The van der Waals surface area contributed by atoms with Gasteiger partial charge in [-0.2, -0.15) is 0 Å². The molecule has 2 heterocycles. The first kappa shape index (κ1) is 21.2. The lowest BCUT2D eigenvalue weighted by atomic mass is 9.93. The van der Waals surface area contributed by atoms with Gasteiger partial charge in [0.05, 0.1) is 12.8 Å². The highest BCUT2D eigenvalue weighted by atomic mass is 32.2. The van der Waals surface area contributed by atoms with Crippen LogP contribution in [0.3, 0.4) is 0 Å². The molecule has 162 valence electrons. The Bertz CT molecular complexity index is 1010. The van der Waals surface area contributed by atoms with E-state index in [0.29, 0.717) is 19.4 Å². The summed E-state index contributed by atoms with van der Waals surface area (Å²) in [7, 11) is 1.61. The fourth-order valence-electron chi connectivity index (χ4n) is 3.90. The van der Waals surface area contributed by atoms with E-state index < -0.39 is 11.6 Å². The molecule has 2 aliphatic rings. The van der Waals surface area contributed by atoms with E-state index in [9.17, 15) is 14.4 Å². The molecular formula is C23H25N3O4S. The summed E-state index contributed by atoms with van der Waals surface area (Å²) in [5, 5.41) is 2.79. The molecule has 7 nitrogen and oxygen atoms in total. The topological polar surface area (TPSA) is 79.0 Å². The van der Waals surface area contributed by atoms with Gasteiger partial charge in [0.2, 0.25) is 5.91 Å². The maximum atomic E-state index is 13.1. The van der Waals surface area contributed by atoms with Gasteiger partial charge in [-0.3, -0.25) is 14.5 Å². The van der Waals surface area contributed by atoms with Gasteiger partial charge in [0.15, 0.2) is 0 Å². The van der Waals surface area contributed by atoms with Crippen molar-refractivity contribution in [1.29, 1.82) is 0 Å². The van der Waals surface area contributed by atoms with E-state index in [1.165, 1.54) is 0 Å². The van der Waals surface area contributed by atoms with Crippen LogP contribution >= 0.6 is 11.8 Å². The van der Waals surface area contributed by atoms with Crippen LogP contribution in [0.5, 0.6) is 5.75 Å². The van der Waals surface area contributed by atoms with Crippen LogP contribution in [-0.4, -0.2) is 54.2 Å². The zero-order valence-corrected chi connectivity index (χ0v) is 18.4. The number of para-hydroxylation sites is 1. The lowest BCUT2D eigenvalue weighted by molar-refractivity contribution is -0.134. The van der Waals surface area contributed by atoms with E-state index >= 15 is 0 Å². The summed E-state index contributed by atoms with van der Waals surface area (Å²) >= 11 is 1.70. The second-order valence-electron chi connectivity index (χ2n) is 7.86. The molecule has 2 aromatic rings. The molecule has 8 heteroatoms. The van der Waals surface area contributed by atoms with Crippen LogP contribution in [0.2, 0.25) is 0 Å². The third-order valence-corrected chi connectivity index (χ3v) is 6.78. The van der Waals surface area contributed by atoms with E-state index in [1.807, 2.05) is 48.5 Å². The van der Waals surface area contributed by atoms with Crippen LogP contribution in [0.15, 0.2) is 53.4 Å². The van der Waals surface area contributed by atoms with Gasteiger partial charge in [0.25, 0.3) is 5.91 Å². The minimum absolute atomic E-state index is 0.254. The summed E-state index contributed by atoms with van der Waals surface area (Å²) < 4.78 is 5.17. The zero-order chi connectivity index (χ0) is 22.0. The average Bonchev–Trinajstić information content (AvgIpc) is 3.00. The Balaban J connectivity index is 1.42. The average molecular weight is 440 g/mol. The van der Waals surface area contributed by atoms with Gasteiger partial charge >= 0.3 is 6.03 Å². The fourth-order valence-corrected chi connectivity index (χ4v) is 4.89. The first-order valence-corrected chi connectivity index (χ1v) is 11.2. The van der Waals surface area contributed by atoms with Crippen molar-refractivity contribution in [3.05, 3.63) is 54.1 Å². The number of aryl methyl sites for hydroxylation is 1. The first-order valence-electron chi connectivity index (χ1n) is 10.2. The lowest BCUT2D eigenvalue weighted by Crippen LogP contribution is -2.47. The number of thioether (sulfide) groups is 1. The quantitative estimate of drug-likeness (QED) is 0.700. The number of ether oxygens (including phenoxy) is 1. The Labute approximate surface area is 185 Å².